The highest BCUT2D eigenvalue weighted by Crippen LogP contribution is 2.18. The van der Waals surface area contributed by atoms with Gasteiger partial charge in [0.05, 0.1) is 7.11 Å². The van der Waals surface area contributed by atoms with E-state index in [0.29, 0.717) is 6.42 Å². The number of carbonyl (C=O) groups excluding carboxylic acids is 2. The summed E-state index contributed by atoms with van der Waals surface area (Å²) in [6.07, 6.45) is 0.360. The lowest BCUT2D eigenvalue weighted by Crippen LogP contribution is -2.59. The molecule has 1 amide bonds. The monoisotopic (exact) mass is 278 g/mol. The van der Waals surface area contributed by atoms with Crippen molar-refractivity contribution >= 4 is 21.9 Å². The van der Waals surface area contributed by atoms with Gasteiger partial charge in [-0.1, -0.05) is 6.92 Å². The Morgan fingerprint density at radius 1 is 1.61 bits per heavy atom. The van der Waals surface area contributed by atoms with Crippen molar-refractivity contribution in [3.8, 4) is 0 Å². The third-order valence-corrected chi connectivity index (χ3v) is 5.15. The fourth-order valence-corrected chi connectivity index (χ4v) is 3.57. The van der Waals surface area contributed by atoms with E-state index in [4.69, 9.17) is 0 Å². The Labute approximate surface area is 107 Å². The fraction of sp³-hybridized carbons (Fsp3) is 0.800. The van der Waals surface area contributed by atoms with Gasteiger partial charge in [-0.3, -0.25) is 9.59 Å². The number of hydrogen-bond donors (Lipinski definition) is 1. The molecule has 18 heavy (non-hydrogen) atoms. The number of ether oxygens (including phenoxy) is 1. The van der Waals surface area contributed by atoms with Gasteiger partial charge in [0.1, 0.15) is 6.04 Å². The summed E-state index contributed by atoms with van der Waals surface area (Å²) in [5, 5.41) is 1.30. The Hall–Kier alpha value is -1.15. The number of esters is 1. The summed E-state index contributed by atoms with van der Waals surface area (Å²) in [5.41, 5.74) is 0. The number of hydrogen-bond acceptors (Lipinski definition) is 5. The van der Waals surface area contributed by atoms with Crippen LogP contribution in [-0.4, -0.2) is 56.1 Å². The average molecular weight is 278 g/mol. The molecule has 104 valence electrons. The van der Waals surface area contributed by atoms with Crippen LogP contribution in [0.5, 0.6) is 0 Å². The molecule has 0 bridgehead atoms. The molecule has 1 aliphatic rings. The van der Waals surface area contributed by atoms with Gasteiger partial charge in [0.15, 0.2) is 5.25 Å². The van der Waals surface area contributed by atoms with Crippen molar-refractivity contribution < 1.29 is 22.7 Å². The molecule has 1 saturated heterocycles. The normalized spacial score (nSPS) is 23.3. The number of carbonyl (C=O) groups is 2. The lowest BCUT2D eigenvalue weighted by atomic mass is 10.2. The van der Waals surface area contributed by atoms with Crippen LogP contribution in [0.15, 0.2) is 0 Å². The zero-order chi connectivity index (χ0) is 13.9. The molecule has 1 aliphatic heterocycles. The maximum Gasteiger partial charge on any atom is 0.325 e. The van der Waals surface area contributed by atoms with Gasteiger partial charge < -0.3 is 10.1 Å². The van der Waals surface area contributed by atoms with Crippen molar-refractivity contribution in [2.45, 2.75) is 31.6 Å². The predicted octanol–water partition coefficient (Wildman–Crippen LogP) is -0.912. The van der Waals surface area contributed by atoms with Crippen LogP contribution in [0.2, 0.25) is 0 Å². The van der Waals surface area contributed by atoms with Crippen LogP contribution in [0.25, 0.3) is 0 Å². The highest BCUT2D eigenvalue weighted by atomic mass is 32.2. The number of nitrogens with zero attached hydrogens (tertiary/aromatic N) is 1. The van der Waals surface area contributed by atoms with E-state index < -0.39 is 27.3 Å². The summed E-state index contributed by atoms with van der Waals surface area (Å²) in [5.74, 6) is -1.15. The summed E-state index contributed by atoms with van der Waals surface area (Å²) < 4.78 is 30.0. The quantitative estimate of drug-likeness (QED) is 0.672. The van der Waals surface area contributed by atoms with Gasteiger partial charge in [-0.2, -0.15) is 4.31 Å². The molecule has 2 atom stereocenters. The lowest BCUT2D eigenvalue weighted by Gasteiger charge is -2.34. The second-order valence-corrected chi connectivity index (χ2v) is 6.24. The Kier molecular flexibility index (Phi) is 4.69. The van der Waals surface area contributed by atoms with Crippen LogP contribution >= 0.6 is 0 Å². The second kappa shape index (κ2) is 5.66. The van der Waals surface area contributed by atoms with Crippen molar-refractivity contribution in [3.05, 3.63) is 0 Å². The van der Waals surface area contributed by atoms with Crippen molar-refractivity contribution in [2.24, 2.45) is 0 Å². The SMILES string of the molecule is CCC1C(=O)NCCN1S(=O)(=O)C(C)C(=O)OC. The van der Waals surface area contributed by atoms with E-state index in [1.165, 1.54) is 6.92 Å². The minimum atomic E-state index is -3.87. The van der Waals surface area contributed by atoms with E-state index in [-0.39, 0.29) is 19.0 Å². The lowest BCUT2D eigenvalue weighted by molar-refractivity contribution is -0.140. The first-order valence-electron chi connectivity index (χ1n) is 5.72. The summed E-state index contributed by atoms with van der Waals surface area (Å²) in [4.78, 5) is 23.0. The van der Waals surface area contributed by atoms with E-state index in [1.54, 1.807) is 6.92 Å². The van der Waals surface area contributed by atoms with Crippen LogP contribution in [0.3, 0.4) is 0 Å². The van der Waals surface area contributed by atoms with Crippen LogP contribution in [0.4, 0.5) is 0 Å². The van der Waals surface area contributed by atoms with E-state index in [9.17, 15) is 18.0 Å². The van der Waals surface area contributed by atoms with Crippen molar-refractivity contribution in [3.63, 3.8) is 0 Å². The van der Waals surface area contributed by atoms with Gasteiger partial charge in [-0.05, 0) is 13.3 Å². The van der Waals surface area contributed by atoms with Crippen molar-refractivity contribution in [1.29, 1.82) is 0 Å². The number of rotatable bonds is 4. The first-order chi connectivity index (χ1) is 8.36. The smallest absolute Gasteiger partial charge is 0.325 e. The number of sulfonamides is 1. The van der Waals surface area contributed by atoms with E-state index in [2.05, 4.69) is 10.1 Å². The average Bonchev–Trinajstić information content (AvgIpc) is 2.36. The molecule has 1 fully saturated rings. The summed E-state index contributed by atoms with van der Waals surface area (Å²) in [7, 11) is -2.74. The topological polar surface area (TPSA) is 92.8 Å². The van der Waals surface area contributed by atoms with Gasteiger partial charge in [-0.15, -0.1) is 0 Å². The molecule has 0 spiro atoms. The minimum Gasteiger partial charge on any atom is -0.468 e. The third-order valence-electron chi connectivity index (χ3n) is 2.98. The highest BCUT2D eigenvalue weighted by Gasteiger charge is 2.42. The Balaban J connectivity index is 3.02. The highest BCUT2D eigenvalue weighted by molar-refractivity contribution is 7.90. The van der Waals surface area contributed by atoms with Gasteiger partial charge in [0.2, 0.25) is 15.9 Å². The van der Waals surface area contributed by atoms with Crippen LogP contribution in [0, 0.1) is 0 Å². The van der Waals surface area contributed by atoms with Crippen LogP contribution in [-0.2, 0) is 24.3 Å². The molecule has 0 aromatic rings. The second-order valence-electron chi connectivity index (χ2n) is 4.04. The van der Waals surface area contributed by atoms with E-state index in [1.807, 2.05) is 0 Å². The van der Waals surface area contributed by atoms with Crippen LogP contribution < -0.4 is 5.32 Å². The molecule has 1 heterocycles. The van der Waals surface area contributed by atoms with Gasteiger partial charge in [0, 0.05) is 13.1 Å². The first kappa shape index (κ1) is 14.9. The molecule has 0 aromatic heterocycles. The zero-order valence-electron chi connectivity index (χ0n) is 10.7. The minimum absolute atomic E-state index is 0.175. The van der Waals surface area contributed by atoms with Gasteiger partial charge in [0.25, 0.3) is 0 Å². The Morgan fingerprint density at radius 3 is 2.72 bits per heavy atom. The number of methoxy groups -OCH3 is 1. The standard InChI is InChI=1S/C10H18N2O5S/c1-4-8-9(13)11-5-6-12(8)18(15,16)7(2)10(14)17-3/h7-8H,4-6H2,1-3H3,(H,11,13). The molecule has 0 saturated carbocycles. The Bertz CT molecular complexity index is 434. The van der Waals surface area contributed by atoms with Gasteiger partial charge in [-0.25, -0.2) is 8.42 Å². The number of piperazine rings is 1. The maximum atomic E-state index is 12.2. The summed E-state index contributed by atoms with van der Waals surface area (Å²) in [6, 6.07) is -0.754. The van der Waals surface area contributed by atoms with Crippen molar-refractivity contribution in [2.75, 3.05) is 20.2 Å². The number of amides is 1. The van der Waals surface area contributed by atoms with E-state index >= 15 is 0 Å². The Morgan fingerprint density at radius 2 is 2.22 bits per heavy atom. The molecule has 0 aromatic carbocycles. The van der Waals surface area contributed by atoms with E-state index in [0.717, 1.165) is 11.4 Å². The summed E-state index contributed by atoms with van der Waals surface area (Å²) >= 11 is 0. The molecule has 1 N–H and O–H groups in total. The molecule has 1 rings (SSSR count). The molecule has 0 aliphatic carbocycles. The number of nitrogens with one attached hydrogen (secondary N) is 1. The largest absolute Gasteiger partial charge is 0.468 e. The first-order valence-corrected chi connectivity index (χ1v) is 7.22. The molecular weight excluding hydrogens is 260 g/mol. The zero-order valence-corrected chi connectivity index (χ0v) is 11.5. The maximum absolute atomic E-state index is 12.2. The summed E-state index contributed by atoms with van der Waals surface area (Å²) in [6.45, 7) is 3.41. The van der Waals surface area contributed by atoms with Gasteiger partial charge >= 0.3 is 5.97 Å². The fourth-order valence-electron chi connectivity index (χ4n) is 1.88. The van der Waals surface area contributed by atoms with Crippen LogP contribution in [0.1, 0.15) is 20.3 Å². The predicted molar refractivity (Wildman–Crippen MR) is 64.2 cm³/mol. The molecule has 7 nitrogen and oxygen atoms in total. The molecular formula is C10H18N2O5S. The van der Waals surface area contributed by atoms with Crippen molar-refractivity contribution in [1.82, 2.24) is 9.62 Å². The third kappa shape index (κ3) is 2.64. The molecule has 2 unspecified atom stereocenters. The molecule has 0 radical (unpaired) electrons. The molecule has 8 heteroatoms.